The Balaban J connectivity index is 1.94. The fraction of sp³-hybridized carbons (Fsp3) is 0.111. The molecule has 0 unspecified atom stereocenters. The molecule has 0 saturated carbocycles. The van der Waals surface area contributed by atoms with Crippen LogP contribution < -0.4 is 15.7 Å². The van der Waals surface area contributed by atoms with Gasteiger partial charge in [-0.2, -0.15) is 0 Å². The Morgan fingerprint density at radius 1 is 1.13 bits per heavy atom. The molecule has 0 atom stereocenters. The highest BCUT2D eigenvalue weighted by Gasteiger charge is 2.14. The molecule has 0 aliphatic carbocycles. The SMILES string of the molecule is COc1ccc(NC(=O)c2cc3ccccc3oc2=O)c(C)c1. The minimum absolute atomic E-state index is 0.0288. The van der Waals surface area contributed by atoms with Crippen LogP contribution in [0.3, 0.4) is 0 Å². The summed E-state index contributed by atoms with van der Waals surface area (Å²) in [6.45, 7) is 1.85. The van der Waals surface area contributed by atoms with Crippen LogP contribution >= 0.6 is 0 Å². The highest BCUT2D eigenvalue weighted by Crippen LogP contribution is 2.21. The molecule has 1 heterocycles. The number of rotatable bonds is 3. The predicted octanol–water partition coefficient (Wildman–Crippen LogP) is 3.36. The van der Waals surface area contributed by atoms with Gasteiger partial charge in [0.15, 0.2) is 0 Å². The average Bonchev–Trinajstić information content (AvgIpc) is 2.55. The van der Waals surface area contributed by atoms with Gasteiger partial charge in [0.2, 0.25) is 0 Å². The number of nitrogens with one attached hydrogen (secondary N) is 1. The zero-order chi connectivity index (χ0) is 16.4. The first kappa shape index (κ1) is 14.8. The highest BCUT2D eigenvalue weighted by molar-refractivity contribution is 6.05. The third-order valence-electron chi connectivity index (χ3n) is 3.57. The van der Waals surface area contributed by atoms with E-state index in [1.165, 1.54) is 6.07 Å². The third-order valence-corrected chi connectivity index (χ3v) is 3.57. The van der Waals surface area contributed by atoms with Gasteiger partial charge in [0, 0.05) is 11.1 Å². The lowest BCUT2D eigenvalue weighted by molar-refractivity contribution is 0.102. The number of para-hydroxylation sites is 1. The van der Waals surface area contributed by atoms with E-state index in [-0.39, 0.29) is 5.56 Å². The molecule has 1 N–H and O–H groups in total. The van der Waals surface area contributed by atoms with Gasteiger partial charge in [0.25, 0.3) is 5.91 Å². The van der Waals surface area contributed by atoms with Gasteiger partial charge in [0.05, 0.1) is 7.11 Å². The number of hydrogen-bond acceptors (Lipinski definition) is 4. The minimum atomic E-state index is -0.660. The number of benzene rings is 2. The number of ether oxygens (including phenoxy) is 1. The molecule has 2 aromatic carbocycles. The van der Waals surface area contributed by atoms with Crippen molar-refractivity contribution < 1.29 is 13.9 Å². The number of carbonyl (C=O) groups is 1. The maximum absolute atomic E-state index is 12.4. The molecule has 116 valence electrons. The van der Waals surface area contributed by atoms with Crippen molar-refractivity contribution in [1.29, 1.82) is 0 Å². The van der Waals surface area contributed by atoms with E-state index in [0.29, 0.717) is 22.4 Å². The molecule has 0 bridgehead atoms. The van der Waals surface area contributed by atoms with E-state index in [4.69, 9.17) is 9.15 Å². The molecular formula is C18H15NO4. The highest BCUT2D eigenvalue weighted by atomic mass is 16.5. The van der Waals surface area contributed by atoms with Crippen LogP contribution in [0.25, 0.3) is 11.0 Å². The molecule has 3 rings (SSSR count). The van der Waals surface area contributed by atoms with Crippen molar-refractivity contribution in [3.8, 4) is 5.75 Å². The lowest BCUT2D eigenvalue weighted by atomic mass is 10.1. The summed E-state index contributed by atoms with van der Waals surface area (Å²) in [7, 11) is 1.58. The predicted molar refractivity (Wildman–Crippen MR) is 88.2 cm³/mol. The Kier molecular flexibility index (Phi) is 3.85. The van der Waals surface area contributed by atoms with Gasteiger partial charge in [-0.15, -0.1) is 0 Å². The standard InChI is InChI=1S/C18H15NO4/c1-11-9-13(22-2)7-8-15(11)19-17(20)14-10-12-5-3-4-6-16(12)23-18(14)21/h3-10H,1-2H3,(H,19,20). The summed E-state index contributed by atoms with van der Waals surface area (Å²) in [5.41, 5.74) is 1.21. The Hall–Kier alpha value is -3.08. The molecule has 0 saturated heterocycles. The monoisotopic (exact) mass is 309 g/mol. The smallest absolute Gasteiger partial charge is 0.349 e. The maximum Gasteiger partial charge on any atom is 0.349 e. The van der Waals surface area contributed by atoms with Crippen molar-refractivity contribution in [3.05, 3.63) is 70.1 Å². The molecule has 0 spiro atoms. The summed E-state index contributed by atoms with van der Waals surface area (Å²) in [5.74, 6) is 0.198. The Morgan fingerprint density at radius 2 is 1.91 bits per heavy atom. The Morgan fingerprint density at radius 3 is 2.65 bits per heavy atom. The van der Waals surface area contributed by atoms with Crippen LogP contribution in [-0.4, -0.2) is 13.0 Å². The van der Waals surface area contributed by atoms with Crippen LogP contribution in [0.1, 0.15) is 15.9 Å². The normalized spacial score (nSPS) is 10.5. The maximum atomic E-state index is 12.4. The van der Waals surface area contributed by atoms with Gasteiger partial charge in [-0.05, 0) is 42.8 Å². The molecule has 0 radical (unpaired) electrons. The average molecular weight is 309 g/mol. The number of carbonyl (C=O) groups excluding carboxylic acids is 1. The molecule has 1 aromatic heterocycles. The molecule has 23 heavy (non-hydrogen) atoms. The quantitative estimate of drug-likeness (QED) is 0.753. The first-order valence-electron chi connectivity index (χ1n) is 7.07. The first-order chi connectivity index (χ1) is 11.1. The van der Waals surface area contributed by atoms with E-state index >= 15 is 0 Å². The van der Waals surface area contributed by atoms with Crippen molar-refractivity contribution in [2.45, 2.75) is 6.92 Å². The van der Waals surface area contributed by atoms with Crippen LogP contribution in [0.4, 0.5) is 5.69 Å². The molecule has 0 aliphatic rings. The largest absolute Gasteiger partial charge is 0.497 e. The van der Waals surface area contributed by atoms with Crippen molar-refractivity contribution >= 4 is 22.6 Å². The third kappa shape index (κ3) is 2.94. The van der Waals surface area contributed by atoms with Gasteiger partial charge in [-0.3, -0.25) is 4.79 Å². The van der Waals surface area contributed by atoms with Gasteiger partial charge >= 0.3 is 5.63 Å². The number of methoxy groups -OCH3 is 1. The second kappa shape index (κ2) is 5.96. The van der Waals surface area contributed by atoms with Gasteiger partial charge in [-0.1, -0.05) is 18.2 Å². The van der Waals surface area contributed by atoms with Crippen LogP contribution in [0.5, 0.6) is 5.75 Å². The second-order valence-corrected chi connectivity index (χ2v) is 5.12. The van der Waals surface area contributed by atoms with Crippen LogP contribution in [-0.2, 0) is 0 Å². The van der Waals surface area contributed by atoms with Crippen molar-refractivity contribution in [2.75, 3.05) is 12.4 Å². The lowest BCUT2D eigenvalue weighted by Crippen LogP contribution is -2.21. The Labute approximate surface area is 132 Å². The number of amides is 1. The molecule has 5 nitrogen and oxygen atoms in total. The van der Waals surface area contributed by atoms with Crippen LogP contribution in [0.15, 0.2) is 57.7 Å². The fourth-order valence-corrected chi connectivity index (χ4v) is 2.31. The fourth-order valence-electron chi connectivity index (χ4n) is 2.31. The van der Waals surface area contributed by atoms with Gasteiger partial charge in [0.1, 0.15) is 16.9 Å². The van der Waals surface area contributed by atoms with E-state index in [1.54, 1.807) is 43.5 Å². The lowest BCUT2D eigenvalue weighted by Gasteiger charge is -2.09. The van der Waals surface area contributed by atoms with Crippen molar-refractivity contribution in [2.24, 2.45) is 0 Å². The Bertz CT molecular complexity index is 943. The van der Waals surface area contributed by atoms with Crippen LogP contribution in [0, 0.1) is 6.92 Å². The van der Waals surface area contributed by atoms with E-state index in [1.807, 2.05) is 13.0 Å². The number of aryl methyl sites for hydroxylation is 1. The number of anilines is 1. The van der Waals surface area contributed by atoms with E-state index in [0.717, 1.165) is 5.56 Å². The van der Waals surface area contributed by atoms with Crippen molar-refractivity contribution in [1.82, 2.24) is 0 Å². The summed E-state index contributed by atoms with van der Waals surface area (Å²) >= 11 is 0. The van der Waals surface area contributed by atoms with Crippen LogP contribution in [0.2, 0.25) is 0 Å². The zero-order valence-electron chi connectivity index (χ0n) is 12.8. The summed E-state index contributed by atoms with van der Waals surface area (Å²) in [6.07, 6.45) is 0. The summed E-state index contributed by atoms with van der Waals surface area (Å²) in [6, 6.07) is 13.9. The number of hydrogen-bond donors (Lipinski definition) is 1. The summed E-state index contributed by atoms with van der Waals surface area (Å²) in [5, 5.41) is 3.43. The molecule has 0 fully saturated rings. The first-order valence-corrected chi connectivity index (χ1v) is 7.07. The molecular weight excluding hydrogens is 294 g/mol. The van der Waals surface area contributed by atoms with Gasteiger partial charge in [-0.25, -0.2) is 4.79 Å². The van der Waals surface area contributed by atoms with E-state index in [2.05, 4.69) is 5.32 Å². The molecule has 3 aromatic rings. The number of fused-ring (bicyclic) bond motifs is 1. The topological polar surface area (TPSA) is 68.5 Å². The molecule has 1 amide bonds. The molecule has 5 heteroatoms. The second-order valence-electron chi connectivity index (χ2n) is 5.12. The summed E-state index contributed by atoms with van der Waals surface area (Å²) < 4.78 is 10.3. The molecule has 0 aliphatic heterocycles. The van der Waals surface area contributed by atoms with Gasteiger partial charge < -0.3 is 14.5 Å². The zero-order valence-corrected chi connectivity index (χ0v) is 12.8. The minimum Gasteiger partial charge on any atom is -0.497 e. The van der Waals surface area contributed by atoms with E-state index < -0.39 is 11.5 Å². The summed E-state index contributed by atoms with van der Waals surface area (Å²) in [4.78, 5) is 24.4. The van der Waals surface area contributed by atoms with Crippen molar-refractivity contribution in [3.63, 3.8) is 0 Å². The van der Waals surface area contributed by atoms with E-state index in [9.17, 15) is 9.59 Å².